The molecule has 152 valence electrons. The van der Waals surface area contributed by atoms with E-state index in [4.69, 9.17) is 38.4 Å². The summed E-state index contributed by atoms with van der Waals surface area (Å²) >= 11 is 13.7. The van der Waals surface area contributed by atoms with E-state index in [1.54, 1.807) is 48.9 Å². The lowest BCUT2D eigenvalue weighted by molar-refractivity contribution is -0.117. The predicted molar refractivity (Wildman–Crippen MR) is 114 cm³/mol. The van der Waals surface area contributed by atoms with Crippen molar-refractivity contribution < 1.29 is 14.3 Å². The first-order valence-electron chi connectivity index (χ1n) is 8.45. The van der Waals surface area contributed by atoms with Gasteiger partial charge in [0.2, 0.25) is 5.91 Å². The number of nitrogens with two attached hydrogens (primary N) is 1. The summed E-state index contributed by atoms with van der Waals surface area (Å²) in [6, 6.07) is 10.5. The van der Waals surface area contributed by atoms with E-state index in [1.807, 2.05) is 6.07 Å². The minimum absolute atomic E-state index is 0.418. The Balaban J connectivity index is 2.23. The maximum absolute atomic E-state index is 11.6. The molecule has 29 heavy (non-hydrogen) atoms. The van der Waals surface area contributed by atoms with Crippen molar-refractivity contribution in [3.63, 3.8) is 0 Å². The molecule has 0 fully saturated rings. The summed E-state index contributed by atoms with van der Waals surface area (Å²) in [6.07, 6.45) is 0. The van der Waals surface area contributed by atoms with Crippen molar-refractivity contribution in [1.82, 2.24) is 14.8 Å². The van der Waals surface area contributed by atoms with Crippen LogP contribution in [0.15, 0.2) is 41.6 Å². The zero-order chi connectivity index (χ0) is 21.1. The largest absolute Gasteiger partial charge is 0.496 e. The van der Waals surface area contributed by atoms with Crippen molar-refractivity contribution in [2.75, 3.05) is 14.2 Å². The molecule has 0 aliphatic heterocycles. The number of methoxy groups -OCH3 is 2. The number of amides is 1. The van der Waals surface area contributed by atoms with Gasteiger partial charge in [-0.1, -0.05) is 35.0 Å². The number of carbonyl (C=O) groups excluding carboxylic acids is 1. The maximum atomic E-state index is 11.6. The number of nitrogens with zero attached hydrogens (tertiary/aromatic N) is 3. The van der Waals surface area contributed by atoms with Crippen LogP contribution in [0.3, 0.4) is 0 Å². The summed E-state index contributed by atoms with van der Waals surface area (Å²) in [6.45, 7) is 1.70. The zero-order valence-electron chi connectivity index (χ0n) is 15.8. The number of thioether (sulfide) groups is 1. The second kappa shape index (κ2) is 8.94. The molecule has 0 saturated carbocycles. The topological polar surface area (TPSA) is 92.3 Å². The summed E-state index contributed by atoms with van der Waals surface area (Å²) in [5, 5.41) is 9.48. The standard InChI is InChI=1S/C19H18Cl2N4O3S/c1-10(17(22)26)29-19-24-23-18(13-8-11(20)4-6-15(13)27-2)25(19)12-5-7-16(28-3)14(21)9-12/h4-10H,1-3H3,(H2,22,26)/t10-/m0/s1. The Labute approximate surface area is 182 Å². The van der Waals surface area contributed by atoms with Crippen LogP contribution >= 0.6 is 35.0 Å². The molecule has 2 N–H and O–H groups in total. The number of benzene rings is 2. The fourth-order valence-electron chi connectivity index (χ4n) is 2.62. The van der Waals surface area contributed by atoms with Gasteiger partial charge in [-0.3, -0.25) is 9.36 Å². The van der Waals surface area contributed by atoms with Gasteiger partial charge in [-0.25, -0.2) is 0 Å². The normalized spacial score (nSPS) is 11.9. The monoisotopic (exact) mass is 452 g/mol. The summed E-state index contributed by atoms with van der Waals surface area (Å²) in [4.78, 5) is 11.6. The van der Waals surface area contributed by atoms with Gasteiger partial charge >= 0.3 is 0 Å². The number of rotatable bonds is 7. The molecule has 3 rings (SSSR count). The molecule has 1 aromatic heterocycles. The maximum Gasteiger partial charge on any atom is 0.230 e. The Morgan fingerprint density at radius 2 is 1.79 bits per heavy atom. The average molecular weight is 453 g/mol. The molecule has 1 atom stereocenters. The molecule has 0 aliphatic rings. The van der Waals surface area contributed by atoms with Crippen LogP contribution in [0.1, 0.15) is 6.92 Å². The summed E-state index contributed by atoms with van der Waals surface area (Å²) < 4.78 is 12.5. The number of carbonyl (C=O) groups is 1. The molecule has 0 aliphatic carbocycles. The fraction of sp³-hybridized carbons (Fsp3) is 0.211. The van der Waals surface area contributed by atoms with E-state index in [1.165, 1.54) is 18.9 Å². The van der Waals surface area contributed by atoms with Crippen LogP contribution in [0.5, 0.6) is 11.5 Å². The third-order valence-corrected chi connectivity index (χ3v) is 5.70. The van der Waals surface area contributed by atoms with Gasteiger partial charge in [-0.05, 0) is 43.3 Å². The van der Waals surface area contributed by atoms with Crippen molar-refractivity contribution in [2.24, 2.45) is 5.73 Å². The minimum Gasteiger partial charge on any atom is -0.496 e. The lowest BCUT2D eigenvalue weighted by atomic mass is 10.2. The Kier molecular flexibility index (Phi) is 6.56. The highest BCUT2D eigenvalue weighted by Crippen LogP contribution is 2.37. The van der Waals surface area contributed by atoms with Crippen molar-refractivity contribution in [1.29, 1.82) is 0 Å². The first-order valence-corrected chi connectivity index (χ1v) is 10.1. The molecule has 10 heteroatoms. The van der Waals surface area contributed by atoms with Gasteiger partial charge in [0.05, 0.1) is 35.7 Å². The van der Waals surface area contributed by atoms with E-state index < -0.39 is 11.2 Å². The molecule has 0 spiro atoms. The van der Waals surface area contributed by atoms with Crippen molar-refractivity contribution in [2.45, 2.75) is 17.3 Å². The van der Waals surface area contributed by atoms with E-state index in [2.05, 4.69) is 10.2 Å². The van der Waals surface area contributed by atoms with E-state index in [9.17, 15) is 4.79 Å². The summed E-state index contributed by atoms with van der Waals surface area (Å²) in [5.74, 6) is 1.12. The van der Waals surface area contributed by atoms with Crippen LogP contribution in [-0.4, -0.2) is 40.1 Å². The molecule has 0 saturated heterocycles. The lowest BCUT2D eigenvalue weighted by Gasteiger charge is -2.15. The van der Waals surface area contributed by atoms with Crippen molar-refractivity contribution in [3.8, 4) is 28.6 Å². The molecule has 0 bridgehead atoms. The Hall–Kier alpha value is -2.42. The van der Waals surface area contributed by atoms with Gasteiger partial charge in [0.1, 0.15) is 11.5 Å². The molecule has 1 heterocycles. The van der Waals surface area contributed by atoms with Crippen molar-refractivity contribution >= 4 is 40.9 Å². The Morgan fingerprint density at radius 1 is 1.10 bits per heavy atom. The smallest absolute Gasteiger partial charge is 0.230 e. The van der Waals surface area contributed by atoms with Crippen LogP contribution < -0.4 is 15.2 Å². The highest BCUT2D eigenvalue weighted by atomic mass is 35.5. The fourth-order valence-corrected chi connectivity index (χ4v) is 3.86. The molecule has 1 amide bonds. The van der Waals surface area contributed by atoms with E-state index in [0.717, 1.165) is 0 Å². The van der Waals surface area contributed by atoms with E-state index >= 15 is 0 Å². The molecular weight excluding hydrogens is 435 g/mol. The minimum atomic E-state index is -0.513. The Morgan fingerprint density at radius 3 is 2.41 bits per heavy atom. The first kappa shape index (κ1) is 21.3. The molecule has 3 aromatic rings. The average Bonchev–Trinajstić information content (AvgIpc) is 3.11. The number of aromatic nitrogens is 3. The first-order chi connectivity index (χ1) is 13.8. The lowest BCUT2D eigenvalue weighted by Crippen LogP contribution is -2.23. The number of halogens is 2. The molecular formula is C19H18Cl2N4O3S. The Bertz CT molecular complexity index is 1060. The third-order valence-electron chi connectivity index (χ3n) is 4.11. The van der Waals surface area contributed by atoms with Gasteiger partial charge in [0.25, 0.3) is 0 Å². The molecule has 7 nitrogen and oxygen atoms in total. The van der Waals surface area contributed by atoms with Gasteiger partial charge in [0.15, 0.2) is 11.0 Å². The van der Waals surface area contributed by atoms with Crippen LogP contribution in [-0.2, 0) is 4.79 Å². The SMILES string of the molecule is COc1ccc(-n2c(S[C@@H](C)C(N)=O)nnc2-c2cc(Cl)ccc2OC)cc1Cl. The highest BCUT2D eigenvalue weighted by Gasteiger charge is 2.23. The molecule has 0 radical (unpaired) electrons. The third kappa shape index (κ3) is 4.44. The number of hydrogen-bond acceptors (Lipinski definition) is 6. The summed E-state index contributed by atoms with van der Waals surface area (Å²) in [5.41, 5.74) is 6.74. The van der Waals surface area contributed by atoms with Gasteiger partial charge in [0, 0.05) is 5.02 Å². The molecule has 0 unspecified atom stereocenters. The van der Waals surface area contributed by atoms with Gasteiger partial charge in [-0.2, -0.15) is 0 Å². The highest BCUT2D eigenvalue weighted by molar-refractivity contribution is 8.00. The van der Waals surface area contributed by atoms with E-state index in [0.29, 0.717) is 43.8 Å². The second-order valence-electron chi connectivity index (χ2n) is 5.97. The summed E-state index contributed by atoms with van der Waals surface area (Å²) in [7, 11) is 3.10. The second-order valence-corrected chi connectivity index (χ2v) is 8.12. The van der Waals surface area contributed by atoms with Crippen molar-refractivity contribution in [3.05, 3.63) is 46.4 Å². The van der Waals surface area contributed by atoms with E-state index in [-0.39, 0.29) is 0 Å². The van der Waals surface area contributed by atoms with Crippen LogP contribution in [0, 0.1) is 0 Å². The number of primary amides is 1. The van der Waals surface area contributed by atoms with Crippen LogP contribution in [0.2, 0.25) is 10.0 Å². The quantitative estimate of drug-likeness (QED) is 0.539. The predicted octanol–water partition coefficient (Wildman–Crippen LogP) is 4.22. The van der Waals surface area contributed by atoms with Crippen LogP contribution in [0.4, 0.5) is 0 Å². The van der Waals surface area contributed by atoms with Crippen LogP contribution in [0.25, 0.3) is 17.1 Å². The number of ether oxygens (including phenoxy) is 2. The number of hydrogen-bond donors (Lipinski definition) is 1. The molecule has 2 aromatic carbocycles. The van der Waals surface area contributed by atoms with Gasteiger partial charge < -0.3 is 15.2 Å². The zero-order valence-corrected chi connectivity index (χ0v) is 18.2. The van der Waals surface area contributed by atoms with Gasteiger partial charge in [-0.15, -0.1) is 10.2 Å².